The average molecular weight is 312 g/mol. The number of hydrogen-bond acceptors (Lipinski definition) is 3. The fourth-order valence-electron chi connectivity index (χ4n) is 1.45. The van der Waals surface area contributed by atoms with Gasteiger partial charge in [-0.25, -0.2) is 4.39 Å². The molecule has 3 nitrogen and oxygen atoms in total. The number of benzene rings is 1. The Morgan fingerprint density at radius 3 is 2.78 bits per heavy atom. The molecule has 0 saturated carbocycles. The van der Waals surface area contributed by atoms with Gasteiger partial charge in [-0.3, -0.25) is 4.98 Å². The summed E-state index contributed by atoms with van der Waals surface area (Å²) < 4.78 is 19.1. The Morgan fingerprint density at radius 1 is 1.33 bits per heavy atom. The van der Waals surface area contributed by atoms with E-state index in [2.05, 4.69) is 20.9 Å². The molecule has 0 fully saturated rings. The number of nitrogens with zero attached hydrogens (tertiary/aromatic N) is 1. The van der Waals surface area contributed by atoms with Crippen LogP contribution in [0, 0.1) is 12.7 Å². The van der Waals surface area contributed by atoms with E-state index in [1.54, 1.807) is 12.3 Å². The predicted molar refractivity (Wildman–Crippen MR) is 69.1 cm³/mol. The lowest BCUT2D eigenvalue weighted by Gasteiger charge is -2.11. The molecule has 0 saturated heterocycles. The van der Waals surface area contributed by atoms with Gasteiger partial charge in [0.1, 0.15) is 17.3 Å². The zero-order chi connectivity index (χ0) is 13.1. The van der Waals surface area contributed by atoms with Crippen molar-refractivity contribution in [3.63, 3.8) is 0 Å². The first-order valence-electron chi connectivity index (χ1n) is 5.29. The van der Waals surface area contributed by atoms with Gasteiger partial charge in [0.15, 0.2) is 0 Å². The first kappa shape index (κ1) is 13.0. The molecule has 0 aliphatic heterocycles. The van der Waals surface area contributed by atoms with Crippen LogP contribution in [0.1, 0.15) is 11.3 Å². The smallest absolute Gasteiger partial charge is 0.141 e. The molecule has 1 N–H and O–H groups in total. The maximum absolute atomic E-state index is 13.0. The van der Waals surface area contributed by atoms with E-state index < -0.39 is 0 Å². The summed E-state index contributed by atoms with van der Waals surface area (Å²) in [4.78, 5) is 4.08. The van der Waals surface area contributed by atoms with Gasteiger partial charge in [-0.05, 0) is 41.1 Å². The minimum absolute atomic E-state index is 0.165. The molecular weight excluding hydrogens is 301 g/mol. The lowest BCUT2D eigenvalue weighted by Crippen LogP contribution is -1.95. The van der Waals surface area contributed by atoms with Gasteiger partial charge >= 0.3 is 0 Å². The second kappa shape index (κ2) is 5.46. The van der Waals surface area contributed by atoms with Crippen molar-refractivity contribution in [1.29, 1.82) is 0 Å². The second-order valence-corrected chi connectivity index (χ2v) is 4.62. The number of ether oxygens (including phenoxy) is 1. The van der Waals surface area contributed by atoms with E-state index in [-0.39, 0.29) is 12.4 Å². The monoisotopic (exact) mass is 311 g/mol. The highest BCUT2D eigenvalue weighted by Crippen LogP contribution is 2.32. The van der Waals surface area contributed by atoms with E-state index in [9.17, 15) is 9.50 Å². The van der Waals surface area contributed by atoms with Gasteiger partial charge in [0.25, 0.3) is 0 Å². The summed E-state index contributed by atoms with van der Waals surface area (Å²) in [7, 11) is 0. The predicted octanol–water partition coefficient (Wildman–Crippen LogP) is 3.58. The van der Waals surface area contributed by atoms with Gasteiger partial charge in [0.2, 0.25) is 0 Å². The van der Waals surface area contributed by atoms with E-state index in [0.29, 0.717) is 21.5 Å². The number of pyridine rings is 1. The molecule has 0 bridgehead atoms. The van der Waals surface area contributed by atoms with Gasteiger partial charge < -0.3 is 9.84 Å². The minimum atomic E-state index is -0.345. The Hall–Kier alpha value is -1.46. The quantitative estimate of drug-likeness (QED) is 0.942. The third kappa shape index (κ3) is 2.86. The number of hydrogen-bond donors (Lipinski definition) is 1. The summed E-state index contributed by atoms with van der Waals surface area (Å²) >= 11 is 3.23. The van der Waals surface area contributed by atoms with Crippen molar-refractivity contribution in [1.82, 2.24) is 4.98 Å². The van der Waals surface area contributed by atoms with Crippen molar-refractivity contribution in [2.75, 3.05) is 0 Å². The lowest BCUT2D eigenvalue weighted by molar-refractivity contribution is 0.276. The van der Waals surface area contributed by atoms with E-state index in [1.807, 2.05) is 6.92 Å². The summed E-state index contributed by atoms with van der Waals surface area (Å²) in [5.41, 5.74) is 1.36. The third-order valence-corrected chi connectivity index (χ3v) is 2.98. The Morgan fingerprint density at radius 2 is 2.11 bits per heavy atom. The maximum atomic E-state index is 13.0. The van der Waals surface area contributed by atoms with Crippen LogP contribution in [0.25, 0.3) is 0 Å². The summed E-state index contributed by atoms with van der Waals surface area (Å²) in [6.07, 6.45) is 1.56. The maximum Gasteiger partial charge on any atom is 0.141 e. The van der Waals surface area contributed by atoms with Crippen molar-refractivity contribution in [3.05, 3.63) is 52.0 Å². The molecule has 0 unspecified atom stereocenters. The SMILES string of the molecule is Cc1cc(Oc2ccc(F)cc2Br)c(CO)cn1. The molecule has 0 aliphatic rings. The Bertz CT molecular complexity index is 575. The van der Waals surface area contributed by atoms with Crippen molar-refractivity contribution in [2.45, 2.75) is 13.5 Å². The molecule has 0 spiro atoms. The summed E-state index contributed by atoms with van der Waals surface area (Å²) in [5.74, 6) is 0.650. The molecule has 1 aromatic carbocycles. The van der Waals surface area contributed by atoms with Crippen LogP contribution in [-0.4, -0.2) is 10.1 Å². The van der Waals surface area contributed by atoms with Crippen LogP contribution in [0.4, 0.5) is 4.39 Å². The first-order chi connectivity index (χ1) is 8.60. The summed E-state index contributed by atoms with van der Waals surface area (Å²) in [5, 5.41) is 9.21. The van der Waals surface area contributed by atoms with Gasteiger partial charge in [0, 0.05) is 23.5 Å². The summed E-state index contributed by atoms with van der Waals surface area (Å²) in [6, 6.07) is 5.88. The largest absolute Gasteiger partial charge is 0.456 e. The second-order valence-electron chi connectivity index (χ2n) is 3.77. The first-order valence-corrected chi connectivity index (χ1v) is 6.08. The molecule has 1 heterocycles. The van der Waals surface area contributed by atoms with E-state index in [0.717, 1.165) is 5.69 Å². The zero-order valence-electron chi connectivity index (χ0n) is 9.65. The van der Waals surface area contributed by atoms with Crippen LogP contribution < -0.4 is 4.74 Å². The molecule has 0 atom stereocenters. The topological polar surface area (TPSA) is 42.4 Å². The van der Waals surface area contributed by atoms with Crippen LogP contribution in [0.2, 0.25) is 0 Å². The minimum Gasteiger partial charge on any atom is -0.456 e. The van der Waals surface area contributed by atoms with Crippen molar-refractivity contribution >= 4 is 15.9 Å². The highest BCUT2D eigenvalue weighted by atomic mass is 79.9. The fourth-order valence-corrected chi connectivity index (χ4v) is 1.89. The molecule has 1 aromatic heterocycles. The molecule has 0 aliphatic carbocycles. The Labute approximate surface area is 112 Å². The molecule has 18 heavy (non-hydrogen) atoms. The van der Waals surface area contributed by atoms with Gasteiger partial charge in [-0.15, -0.1) is 0 Å². The number of aromatic nitrogens is 1. The number of rotatable bonds is 3. The van der Waals surface area contributed by atoms with Crippen LogP contribution >= 0.6 is 15.9 Å². The summed E-state index contributed by atoms with van der Waals surface area (Å²) in [6.45, 7) is 1.66. The van der Waals surface area contributed by atoms with Gasteiger partial charge in [-0.2, -0.15) is 0 Å². The fraction of sp³-hybridized carbons (Fsp3) is 0.154. The van der Waals surface area contributed by atoms with Gasteiger partial charge in [0.05, 0.1) is 11.1 Å². The molecule has 0 radical (unpaired) electrons. The molecule has 5 heteroatoms. The lowest BCUT2D eigenvalue weighted by atomic mass is 10.2. The molecule has 2 aromatic rings. The van der Waals surface area contributed by atoms with E-state index >= 15 is 0 Å². The number of aryl methyl sites for hydroxylation is 1. The highest BCUT2D eigenvalue weighted by Gasteiger charge is 2.08. The van der Waals surface area contributed by atoms with Gasteiger partial charge in [-0.1, -0.05) is 0 Å². The van der Waals surface area contributed by atoms with E-state index in [1.165, 1.54) is 18.2 Å². The van der Waals surface area contributed by atoms with Crippen molar-refractivity contribution < 1.29 is 14.2 Å². The average Bonchev–Trinajstić information content (AvgIpc) is 2.33. The van der Waals surface area contributed by atoms with Crippen LogP contribution in [0.3, 0.4) is 0 Å². The Balaban J connectivity index is 2.36. The zero-order valence-corrected chi connectivity index (χ0v) is 11.2. The number of aliphatic hydroxyl groups is 1. The van der Waals surface area contributed by atoms with Crippen LogP contribution in [0.15, 0.2) is 34.9 Å². The molecule has 0 amide bonds. The molecule has 2 rings (SSSR count). The number of aliphatic hydroxyl groups excluding tert-OH is 1. The number of halogens is 2. The Kier molecular flexibility index (Phi) is 3.93. The van der Waals surface area contributed by atoms with Crippen molar-refractivity contribution in [3.8, 4) is 11.5 Å². The standard InChI is InChI=1S/C13H11BrFNO2/c1-8-4-13(9(7-17)6-16-8)18-12-3-2-10(15)5-11(12)14/h2-6,17H,7H2,1H3. The molecule has 94 valence electrons. The molecular formula is C13H11BrFNO2. The van der Waals surface area contributed by atoms with E-state index in [4.69, 9.17) is 4.74 Å². The van der Waals surface area contributed by atoms with Crippen LogP contribution in [-0.2, 0) is 6.61 Å². The normalized spacial score (nSPS) is 10.4. The highest BCUT2D eigenvalue weighted by molar-refractivity contribution is 9.10. The van der Waals surface area contributed by atoms with Crippen molar-refractivity contribution in [2.24, 2.45) is 0 Å². The third-order valence-electron chi connectivity index (χ3n) is 2.36. The van der Waals surface area contributed by atoms with Crippen LogP contribution in [0.5, 0.6) is 11.5 Å².